The lowest BCUT2D eigenvalue weighted by molar-refractivity contribution is 0.0517. The molecule has 0 amide bonds. The van der Waals surface area contributed by atoms with Gasteiger partial charge in [0.1, 0.15) is 11.5 Å². The summed E-state index contributed by atoms with van der Waals surface area (Å²) in [6, 6.07) is 32.5. The predicted molar refractivity (Wildman–Crippen MR) is 180 cm³/mol. The normalized spacial score (nSPS) is 10.5. The number of carbonyl (C=O) groups excluding carboxylic acids is 4. The maximum Gasteiger partial charge on any atom is 0.344 e. The van der Waals surface area contributed by atoms with Crippen LogP contribution in [0, 0.1) is 0 Å². The summed E-state index contributed by atoms with van der Waals surface area (Å²) in [6.45, 7) is 4.12. The van der Waals surface area contributed by atoms with E-state index in [1.807, 2.05) is 24.3 Å². The smallest absolute Gasteiger partial charge is 0.344 e. The van der Waals surface area contributed by atoms with E-state index in [9.17, 15) is 19.2 Å². The van der Waals surface area contributed by atoms with Crippen LogP contribution in [0.5, 0.6) is 11.5 Å². The highest BCUT2D eigenvalue weighted by atomic mass is 79.9. The van der Waals surface area contributed by atoms with Crippen LogP contribution >= 0.6 is 15.9 Å². The van der Waals surface area contributed by atoms with Crippen molar-refractivity contribution in [3.05, 3.63) is 142 Å². The maximum atomic E-state index is 13.1. The molecule has 0 spiro atoms. The number of carbonyl (C=O) groups is 4. The van der Waals surface area contributed by atoms with Crippen molar-refractivity contribution < 1.29 is 38.1 Å². The molecular weight excluding hydrogens is 664 g/mol. The Balaban J connectivity index is 1.21. The first-order valence-corrected chi connectivity index (χ1v) is 15.5. The lowest BCUT2D eigenvalue weighted by Crippen LogP contribution is -2.13. The molecule has 0 unspecified atom stereocenters. The van der Waals surface area contributed by atoms with E-state index in [1.54, 1.807) is 98.8 Å². The van der Waals surface area contributed by atoms with E-state index in [1.165, 1.54) is 6.07 Å². The molecule has 8 nitrogen and oxygen atoms in total. The van der Waals surface area contributed by atoms with Crippen LogP contribution in [0.2, 0.25) is 0 Å². The van der Waals surface area contributed by atoms with Crippen molar-refractivity contribution in [1.29, 1.82) is 0 Å². The number of rotatable bonds is 10. The minimum absolute atomic E-state index is 0.152. The summed E-state index contributed by atoms with van der Waals surface area (Å²) in [6.07, 6.45) is 0. The lowest BCUT2D eigenvalue weighted by Gasteiger charge is -2.10. The van der Waals surface area contributed by atoms with Gasteiger partial charge in [0, 0.05) is 4.47 Å². The third-order valence-corrected chi connectivity index (χ3v) is 7.70. The Morgan fingerprint density at radius 2 is 0.830 bits per heavy atom. The standard InChI is InChI=1S/C38H29BrO8/c1-3-44-35(40)28-9-5-24(6-10-28)26-13-18-31(19-14-26)46-37(42)30-17-22-34(39)33(23-30)38(43)47-32-20-15-27(16-21-32)25-7-11-29(12-8-25)36(41)45-4-2/h5-23H,3-4H2,1-2H3. The van der Waals surface area contributed by atoms with E-state index in [-0.39, 0.29) is 23.1 Å². The van der Waals surface area contributed by atoms with Gasteiger partial charge in [-0.2, -0.15) is 0 Å². The Labute approximate surface area is 280 Å². The number of hydrogen-bond donors (Lipinski definition) is 0. The highest BCUT2D eigenvalue weighted by molar-refractivity contribution is 9.10. The highest BCUT2D eigenvalue weighted by Crippen LogP contribution is 2.27. The first kappa shape index (κ1) is 32.8. The zero-order valence-electron chi connectivity index (χ0n) is 25.5. The maximum absolute atomic E-state index is 13.1. The Morgan fingerprint density at radius 3 is 1.23 bits per heavy atom. The van der Waals surface area contributed by atoms with Gasteiger partial charge in [-0.1, -0.05) is 48.5 Å². The van der Waals surface area contributed by atoms with Crippen LogP contribution in [0.3, 0.4) is 0 Å². The molecule has 5 rings (SSSR count). The summed E-state index contributed by atoms with van der Waals surface area (Å²) in [7, 11) is 0. The van der Waals surface area contributed by atoms with Crippen molar-refractivity contribution in [3.8, 4) is 33.8 Å². The third kappa shape index (κ3) is 8.19. The molecule has 0 aliphatic rings. The van der Waals surface area contributed by atoms with Crippen LogP contribution in [0.25, 0.3) is 22.3 Å². The lowest BCUT2D eigenvalue weighted by atomic mass is 10.0. The monoisotopic (exact) mass is 692 g/mol. The Hall–Kier alpha value is -5.54. The van der Waals surface area contributed by atoms with Crippen LogP contribution in [-0.2, 0) is 9.47 Å². The van der Waals surface area contributed by atoms with Crippen molar-refractivity contribution in [2.75, 3.05) is 13.2 Å². The van der Waals surface area contributed by atoms with E-state index in [4.69, 9.17) is 18.9 Å². The van der Waals surface area contributed by atoms with Crippen molar-refractivity contribution in [1.82, 2.24) is 0 Å². The second-order valence-electron chi connectivity index (χ2n) is 10.1. The average molecular weight is 694 g/mol. The van der Waals surface area contributed by atoms with Gasteiger partial charge in [0.2, 0.25) is 0 Å². The molecule has 0 fully saturated rings. The van der Waals surface area contributed by atoms with Crippen molar-refractivity contribution in [2.24, 2.45) is 0 Å². The summed E-state index contributed by atoms with van der Waals surface area (Å²) in [5, 5.41) is 0. The molecule has 5 aromatic rings. The van der Waals surface area contributed by atoms with Gasteiger partial charge in [0.05, 0.1) is 35.5 Å². The van der Waals surface area contributed by atoms with Gasteiger partial charge in [-0.25, -0.2) is 19.2 Å². The van der Waals surface area contributed by atoms with Crippen molar-refractivity contribution in [2.45, 2.75) is 13.8 Å². The number of esters is 4. The average Bonchev–Trinajstić information content (AvgIpc) is 3.09. The third-order valence-electron chi connectivity index (χ3n) is 7.01. The molecular formula is C38H29BrO8. The first-order valence-electron chi connectivity index (χ1n) is 14.7. The summed E-state index contributed by atoms with van der Waals surface area (Å²) in [5.74, 6) is -1.41. The molecule has 0 saturated heterocycles. The minimum Gasteiger partial charge on any atom is -0.462 e. The fourth-order valence-electron chi connectivity index (χ4n) is 4.59. The quantitative estimate of drug-likeness (QED) is 0.106. The van der Waals surface area contributed by atoms with E-state index in [0.717, 1.165) is 22.3 Å². The van der Waals surface area contributed by atoms with Crippen molar-refractivity contribution >= 4 is 39.8 Å². The van der Waals surface area contributed by atoms with Crippen LogP contribution in [-0.4, -0.2) is 37.1 Å². The molecule has 0 atom stereocenters. The largest absolute Gasteiger partial charge is 0.462 e. The molecule has 0 N–H and O–H groups in total. The zero-order valence-corrected chi connectivity index (χ0v) is 27.1. The van der Waals surface area contributed by atoms with Crippen LogP contribution < -0.4 is 9.47 Å². The van der Waals surface area contributed by atoms with Gasteiger partial charge < -0.3 is 18.9 Å². The van der Waals surface area contributed by atoms with Gasteiger partial charge in [-0.3, -0.25) is 0 Å². The summed E-state index contributed by atoms with van der Waals surface area (Å²) in [5.41, 5.74) is 4.75. The number of benzene rings is 5. The number of halogens is 1. The molecule has 47 heavy (non-hydrogen) atoms. The molecule has 0 saturated carbocycles. The van der Waals surface area contributed by atoms with Crippen molar-refractivity contribution in [3.63, 3.8) is 0 Å². The fourth-order valence-corrected chi connectivity index (χ4v) is 5.00. The van der Waals surface area contributed by atoms with Crippen LogP contribution in [0.1, 0.15) is 55.3 Å². The second kappa shape index (κ2) is 15.2. The van der Waals surface area contributed by atoms with Gasteiger partial charge in [-0.05, 0) is 119 Å². The fraction of sp³-hybridized carbons (Fsp3) is 0.105. The Kier molecular flexibility index (Phi) is 10.6. The summed E-state index contributed by atoms with van der Waals surface area (Å²) < 4.78 is 21.6. The molecule has 9 heteroatoms. The first-order chi connectivity index (χ1) is 22.7. The predicted octanol–water partition coefficient (Wildman–Crippen LogP) is 8.57. The molecule has 5 aromatic carbocycles. The van der Waals surface area contributed by atoms with E-state index >= 15 is 0 Å². The van der Waals surface area contributed by atoms with E-state index < -0.39 is 11.9 Å². The SMILES string of the molecule is CCOC(=O)c1ccc(-c2ccc(OC(=O)c3ccc(Br)c(C(=O)Oc4ccc(-c5ccc(C(=O)OCC)cc5)cc4)c3)cc2)cc1. The molecule has 236 valence electrons. The molecule has 0 heterocycles. The van der Waals surface area contributed by atoms with E-state index in [0.29, 0.717) is 40.3 Å². The number of hydrogen-bond acceptors (Lipinski definition) is 8. The van der Waals surface area contributed by atoms with Gasteiger partial charge >= 0.3 is 23.9 Å². The van der Waals surface area contributed by atoms with Gasteiger partial charge in [-0.15, -0.1) is 0 Å². The van der Waals surface area contributed by atoms with Crippen LogP contribution in [0.4, 0.5) is 0 Å². The minimum atomic E-state index is -0.656. The molecule has 0 bridgehead atoms. The topological polar surface area (TPSA) is 105 Å². The summed E-state index contributed by atoms with van der Waals surface area (Å²) >= 11 is 3.37. The second-order valence-corrected chi connectivity index (χ2v) is 11.0. The number of ether oxygens (including phenoxy) is 4. The Bertz CT molecular complexity index is 1900. The highest BCUT2D eigenvalue weighted by Gasteiger charge is 2.18. The molecule has 0 aliphatic heterocycles. The Morgan fingerprint density at radius 1 is 0.468 bits per heavy atom. The van der Waals surface area contributed by atoms with Gasteiger partial charge in [0.25, 0.3) is 0 Å². The van der Waals surface area contributed by atoms with Gasteiger partial charge in [0.15, 0.2) is 0 Å². The summed E-state index contributed by atoms with van der Waals surface area (Å²) in [4.78, 5) is 49.8. The zero-order chi connectivity index (χ0) is 33.3. The molecule has 0 aromatic heterocycles. The van der Waals surface area contributed by atoms with Crippen LogP contribution in [0.15, 0.2) is 120 Å². The molecule has 0 radical (unpaired) electrons. The molecule has 0 aliphatic carbocycles. The van der Waals surface area contributed by atoms with E-state index in [2.05, 4.69) is 15.9 Å².